The van der Waals surface area contributed by atoms with E-state index >= 15 is 0 Å². The molecule has 1 saturated heterocycles. The highest BCUT2D eigenvalue weighted by Crippen LogP contribution is 2.21. The molecule has 3 rings (SSSR count). The van der Waals surface area contributed by atoms with Gasteiger partial charge in [0.25, 0.3) is 5.91 Å². The standard InChI is InChI=1S/C19H18F2N2O5/c20-12-1-3-14(15(21)9-12)18(25)23-7-5-11(6-8-23)17(24)22-10-13-2-4-16(28-13)19(26)27/h1-4,9,11H,5-8,10H2,(H,22,24)(H,26,27). The van der Waals surface area contributed by atoms with E-state index < -0.39 is 23.5 Å². The number of nitrogens with one attached hydrogen (secondary N) is 1. The maximum Gasteiger partial charge on any atom is 0.371 e. The molecule has 148 valence electrons. The highest BCUT2D eigenvalue weighted by atomic mass is 19.1. The molecule has 1 fully saturated rings. The highest BCUT2D eigenvalue weighted by molar-refractivity contribution is 5.94. The van der Waals surface area contributed by atoms with Crippen LogP contribution in [0.25, 0.3) is 0 Å². The van der Waals surface area contributed by atoms with Gasteiger partial charge >= 0.3 is 5.97 Å². The second kappa shape index (κ2) is 8.20. The van der Waals surface area contributed by atoms with Gasteiger partial charge in [-0.25, -0.2) is 13.6 Å². The molecule has 0 aliphatic carbocycles. The minimum atomic E-state index is -1.19. The van der Waals surface area contributed by atoms with Crippen LogP contribution >= 0.6 is 0 Å². The van der Waals surface area contributed by atoms with E-state index in [4.69, 9.17) is 9.52 Å². The average molecular weight is 392 g/mol. The number of nitrogens with zero attached hydrogens (tertiary/aromatic N) is 1. The van der Waals surface area contributed by atoms with Gasteiger partial charge in [0.2, 0.25) is 11.7 Å². The second-order valence-electron chi connectivity index (χ2n) is 6.48. The lowest BCUT2D eigenvalue weighted by molar-refractivity contribution is -0.126. The summed E-state index contributed by atoms with van der Waals surface area (Å²) < 4.78 is 31.8. The first kappa shape index (κ1) is 19.5. The maximum absolute atomic E-state index is 13.8. The van der Waals surface area contributed by atoms with Crippen LogP contribution in [-0.2, 0) is 11.3 Å². The van der Waals surface area contributed by atoms with Gasteiger partial charge in [-0.2, -0.15) is 0 Å². The third-order valence-corrected chi connectivity index (χ3v) is 4.62. The molecule has 2 aromatic rings. The predicted octanol–water partition coefficient (Wildman–Crippen LogP) is 2.42. The van der Waals surface area contributed by atoms with Gasteiger partial charge in [-0.1, -0.05) is 0 Å². The fraction of sp³-hybridized carbons (Fsp3) is 0.316. The monoisotopic (exact) mass is 392 g/mol. The number of carbonyl (C=O) groups excluding carboxylic acids is 2. The SMILES string of the molecule is O=C(O)c1ccc(CNC(=O)C2CCN(C(=O)c3ccc(F)cc3F)CC2)o1. The Kier molecular flexibility index (Phi) is 5.72. The van der Waals surface area contributed by atoms with E-state index in [9.17, 15) is 23.2 Å². The highest BCUT2D eigenvalue weighted by Gasteiger charge is 2.29. The van der Waals surface area contributed by atoms with Crippen molar-refractivity contribution >= 4 is 17.8 Å². The maximum atomic E-state index is 13.8. The van der Waals surface area contributed by atoms with Crippen molar-refractivity contribution < 1.29 is 32.7 Å². The van der Waals surface area contributed by atoms with Crippen LogP contribution in [0.15, 0.2) is 34.7 Å². The average Bonchev–Trinajstić information content (AvgIpc) is 3.15. The zero-order valence-electron chi connectivity index (χ0n) is 14.8. The molecule has 1 aromatic heterocycles. The Hall–Kier alpha value is -3.23. The molecule has 7 nitrogen and oxygen atoms in total. The largest absolute Gasteiger partial charge is 0.475 e. The van der Waals surface area contributed by atoms with Gasteiger partial charge in [0.05, 0.1) is 12.1 Å². The number of amides is 2. The molecule has 2 heterocycles. The number of likely N-dealkylation sites (tertiary alicyclic amines) is 1. The lowest BCUT2D eigenvalue weighted by atomic mass is 9.95. The van der Waals surface area contributed by atoms with E-state index in [0.29, 0.717) is 24.7 Å². The molecule has 0 radical (unpaired) electrons. The number of rotatable bonds is 5. The number of carbonyl (C=O) groups is 3. The van der Waals surface area contributed by atoms with Gasteiger partial charge in [-0.15, -0.1) is 0 Å². The molecule has 2 N–H and O–H groups in total. The zero-order chi connectivity index (χ0) is 20.3. The van der Waals surface area contributed by atoms with E-state index in [1.165, 1.54) is 17.0 Å². The summed E-state index contributed by atoms with van der Waals surface area (Å²) in [5, 5.41) is 11.5. The van der Waals surface area contributed by atoms with Crippen molar-refractivity contribution in [3.05, 3.63) is 59.1 Å². The molecular weight excluding hydrogens is 374 g/mol. The van der Waals surface area contributed by atoms with Crippen LogP contribution in [0.3, 0.4) is 0 Å². The Balaban J connectivity index is 1.50. The molecule has 0 bridgehead atoms. The first-order valence-electron chi connectivity index (χ1n) is 8.69. The van der Waals surface area contributed by atoms with Crippen molar-refractivity contribution in [3.8, 4) is 0 Å². The molecule has 1 aliphatic heterocycles. The van der Waals surface area contributed by atoms with E-state index in [-0.39, 0.29) is 42.8 Å². The van der Waals surface area contributed by atoms with Gasteiger partial charge in [0.15, 0.2) is 0 Å². The number of aromatic carboxylic acids is 1. The summed E-state index contributed by atoms with van der Waals surface area (Å²) in [4.78, 5) is 36.9. The predicted molar refractivity (Wildman–Crippen MR) is 92.5 cm³/mol. The number of benzene rings is 1. The number of hydrogen-bond acceptors (Lipinski definition) is 4. The topological polar surface area (TPSA) is 99.9 Å². The van der Waals surface area contributed by atoms with Crippen LogP contribution < -0.4 is 5.32 Å². The van der Waals surface area contributed by atoms with Crippen LogP contribution in [0.2, 0.25) is 0 Å². The fourth-order valence-electron chi connectivity index (χ4n) is 3.08. The Morgan fingerprint density at radius 2 is 1.86 bits per heavy atom. The molecule has 1 aliphatic rings. The van der Waals surface area contributed by atoms with Crippen molar-refractivity contribution in [1.82, 2.24) is 10.2 Å². The molecule has 0 saturated carbocycles. The summed E-state index contributed by atoms with van der Waals surface area (Å²) in [6.07, 6.45) is 0.803. The smallest absolute Gasteiger partial charge is 0.371 e. The molecule has 28 heavy (non-hydrogen) atoms. The van der Waals surface area contributed by atoms with Crippen molar-refractivity contribution in [2.75, 3.05) is 13.1 Å². The van der Waals surface area contributed by atoms with Crippen LogP contribution in [0, 0.1) is 17.6 Å². The number of carboxylic acids is 1. The second-order valence-corrected chi connectivity index (χ2v) is 6.48. The summed E-state index contributed by atoms with van der Waals surface area (Å²) in [7, 11) is 0. The van der Waals surface area contributed by atoms with E-state index in [1.54, 1.807) is 0 Å². The molecule has 9 heteroatoms. The minimum Gasteiger partial charge on any atom is -0.475 e. The third kappa shape index (κ3) is 4.36. The van der Waals surface area contributed by atoms with Crippen molar-refractivity contribution in [2.45, 2.75) is 19.4 Å². The third-order valence-electron chi connectivity index (χ3n) is 4.62. The summed E-state index contributed by atoms with van der Waals surface area (Å²) >= 11 is 0. The lowest BCUT2D eigenvalue weighted by Crippen LogP contribution is -2.43. The molecule has 0 spiro atoms. The first-order valence-corrected chi connectivity index (χ1v) is 8.69. The van der Waals surface area contributed by atoms with E-state index in [2.05, 4.69) is 5.32 Å². The Morgan fingerprint density at radius 1 is 1.14 bits per heavy atom. The van der Waals surface area contributed by atoms with E-state index in [1.807, 2.05) is 0 Å². The molecule has 1 aromatic carbocycles. The summed E-state index contributed by atoms with van der Waals surface area (Å²) in [5.41, 5.74) is -0.198. The van der Waals surface area contributed by atoms with Gasteiger partial charge in [-0.3, -0.25) is 9.59 Å². The molecule has 0 unspecified atom stereocenters. The van der Waals surface area contributed by atoms with Gasteiger partial charge < -0.3 is 19.7 Å². The zero-order valence-corrected chi connectivity index (χ0v) is 14.8. The quantitative estimate of drug-likeness (QED) is 0.814. The number of hydrogen-bond donors (Lipinski definition) is 2. The minimum absolute atomic E-state index is 0.0616. The van der Waals surface area contributed by atoms with E-state index in [0.717, 1.165) is 12.1 Å². The van der Waals surface area contributed by atoms with Crippen LogP contribution in [0.1, 0.15) is 39.5 Å². The Morgan fingerprint density at radius 3 is 2.46 bits per heavy atom. The van der Waals surface area contributed by atoms with Crippen LogP contribution in [-0.4, -0.2) is 40.9 Å². The van der Waals surface area contributed by atoms with Crippen molar-refractivity contribution in [2.24, 2.45) is 5.92 Å². The van der Waals surface area contributed by atoms with Gasteiger partial charge in [-0.05, 0) is 37.1 Å². The van der Waals surface area contributed by atoms with Gasteiger partial charge in [0, 0.05) is 25.1 Å². The number of halogens is 2. The number of piperidine rings is 1. The lowest BCUT2D eigenvalue weighted by Gasteiger charge is -2.31. The number of furan rings is 1. The molecular formula is C19H18F2N2O5. The van der Waals surface area contributed by atoms with Crippen molar-refractivity contribution in [1.29, 1.82) is 0 Å². The van der Waals surface area contributed by atoms with Gasteiger partial charge in [0.1, 0.15) is 17.4 Å². The first-order chi connectivity index (χ1) is 13.3. The normalized spacial score (nSPS) is 14.7. The fourth-order valence-corrected chi connectivity index (χ4v) is 3.08. The Labute approximate surface area is 158 Å². The summed E-state index contributed by atoms with van der Waals surface area (Å²) in [6.45, 7) is 0.612. The summed E-state index contributed by atoms with van der Waals surface area (Å²) in [6, 6.07) is 5.59. The van der Waals surface area contributed by atoms with Crippen molar-refractivity contribution in [3.63, 3.8) is 0 Å². The number of carboxylic acid groups (broad SMARTS) is 1. The van der Waals surface area contributed by atoms with Crippen LogP contribution in [0.4, 0.5) is 8.78 Å². The summed E-state index contributed by atoms with van der Waals surface area (Å²) in [5.74, 6) is -3.82. The van der Waals surface area contributed by atoms with Crippen LogP contribution in [0.5, 0.6) is 0 Å². The molecule has 2 amide bonds. The molecule has 0 atom stereocenters. The Bertz CT molecular complexity index is 903.